The maximum absolute atomic E-state index is 13.4. The molecule has 1 unspecified atom stereocenters. The molecule has 2 aromatic rings. The van der Waals surface area contributed by atoms with Gasteiger partial charge in [0.25, 0.3) is 0 Å². The smallest absolute Gasteiger partial charge is 0.333 e. The highest BCUT2D eigenvalue weighted by Crippen LogP contribution is 2.22. The topological polar surface area (TPSA) is 38.3 Å². The van der Waals surface area contributed by atoms with Crippen molar-refractivity contribution in [2.24, 2.45) is 0 Å². The van der Waals surface area contributed by atoms with Crippen LogP contribution in [-0.2, 0) is 9.53 Å². The van der Waals surface area contributed by atoms with E-state index in [0.717, 1.165) is 12.1 Å². The Hall–Kier alpha value is -2.43. The molecule has 0 bridgehead atoms. The first-order valence-corrected chi connectivity index (χ1v) is 6.55. The fraction of sp³-hybridized carbons (Fsp3) is 0.188. The third-order valence-electron chi connectivity index (χ3n) is 2.88. The number of ether oxygens (including phenoxy) is 1. The van der Waals surface area contributed by atoms with Crippen LogP contribution in [0.5, 0.6) is 0 Å². The second-order valence-corrected chi connectivity index (χ2v) is 4.37. The van der Waals surface area contributed by atoms with Crippen LogP contribution in [0.2, 0.25) is 0 Å². The zero-order valence-electron chi connectivity index (χ0n) is 11.5. The zero-order valence-corrected chi connectivity index (χ0v) is 11.5. The van der Waals surface area contributed by atoms with E-state index in [0.29, 0.717) is 11.3 Å². The summed E-state index contributed by atoms with van der Waals surface area (Å²) in [5.74, 6) is -2.51. The van der Waals surface area contributed by atoms with E-state index in [1.165, 1.54) is 6.07 Å². The summed E-state index contributed by atoms with van der Waals surface area (Å²) in [5, 5.41) is 2.96. The van der Waals surface area contributed by atoms with E-state index in [2.05, 4.69) is 5.32 Å². The lowest BCUT2D eigenvalue weighted by Gasteiger charge is -2.19. The molecule has 21 heavy (non-hydrogen) atoms. The number of para-hydroxylation sites is 1. The number of halogens is 2. The Morgan fingerprint density at radius 2 is 1.86 bits per heavy atom. The SMILES string of the molecule is CCOC(=O)C(Nc1ccccc1)c1ccc(F)c(F)c1. The number of carbonyl (C=O) groups is 1. The number of hydrogen-bond acceptors (Lipinski definition) is 3. The third kappa shape index (κ3) is 3.78. The molecule has 0 fully saturated rings. The first kappa shape index (κ1) is 15.0. The lowest BCUT2D eigenvalue weighted by Crippen LogP contribution is -2.23. The van der Waals surface area contributed by atoms with E-state index < -0.39 is 23.6 Å². The highest BCUT2D eigenvalue weighted by Gasteiger charge is 2.23. The molecule has 3 nitrogen and oxygen atoms in total. The standard InChI is InChI=1S/C16H15F2NO2/c1-2-21-16(20)15(19-12-6-4-3-5-7-12)11-8-9-13(17)14(18)10-11/h3-10,15,19H,2H2,1H3. The van der Waals surface area contributed by atoms with E-state index >= 15 is 0 Å². The van der Waals surface area contributed by atoms with E-state index in [-0.39, 0.29) is 6.61 Å². The van der Waals surface area contributed by atoms with Gasteiger partial charge in [0.2, 0.25) is 0 Å². The molecule has 0 radical (unpaired) electrons. The fourth-order valence-corrected chi connectivity index (χ4v) is 1.90. The fourth-order valence-electron chi connectivity index (χ4n) is 1.90. The van der Waals surface area contributed by atoms with Crippen LogP contribution in [0.1, 0.15) is 18.5 Å². The Balaban J connectivity index is 2.31. The van der Waals surface area contributed by atoms with Crippen molar-refractivity contribution in [3.63, 3.8) is 0 Å². The van der Waals surface area contributed by atoms with Crippen LogP contribution in [0.25, 0.3) is 0 Å². The molecule has 5 heteroatoms. The van der Waals surface area contributed by atoms with Crippen LogP contribution in [0.3, 0.4) is 0 Å². The highest BCUT2D eigenvalue weighted by molar-refractivity contribution is 5.81. The Morgan fingerprint density at radius 3 is 2.48 bits per heavy atom. The minimum atomic E-state index is -1.00. The van der Waals surface area contributed by atoms with Crippen molar-refractivity contribution >= 4 is 11.7 Å². The molecule has 0 aliphatic rings. The molecule has 0 heterocycles. The Kier molecular flexibility index (Phi) is 4.87. The van der Waals surface area contributed by atoms with E-state index in [9.17, 15) is 13.6 Å². The molecule has 0 aliphatic heterocycles. The van der Waals surface area contributed by atoms with E-state index in [4.69, 9.17) is 4.74 Å². The summed E-state index contributed by atoms with van der Waals surface area (Å²) < 4.78 is 31.4. The van der Waals surface area contributed by atoms with Crippen molar-refractivity contribution in [2.75, 3.05) is 11.9 Å². The van der Waals surface area contributed by atoms with Crippen LogP contribution in [0.4, 0.5) is 14.5 Å². The molecule has 1 N–H and O–H groups in total. The molecule has 0 saturated heterocycles. The first-order valence-electron chi connectivity index (χ1n) is 6.55. The van der Waals surface area contributed by atoms with Crippen molar-refractivity contribution in [3.8, 4) is 0 Å². The Bertz CT molecular complexity index is 617. The van der Waals surface area contributed by atoms with E-state index in [1.807, 2.05) is 6.07 Å². The minimum Gasteiger partial charge on any atom is -0.464 e. The zero-order chi connectivity index (χ0) is 15.2. The van der Waals surface area contributed by atoms with Crippen molar-refractivity contribution in [2.45, 2.75) is 13.0 Å². The van der Waals surface area contributed by atoms with Crippen LogP contribution >= 0.6 is 0 Å². The number of nitrogens with one attached hydrogen (secondary N) is 1. The largest absolute Gasteiger partial charge is 0.464 e. The number of benzene rings is 2. The van der Waals surface area contributed by atoms with Gasteiger partial charge in [-0.1, -0.05) is 24.3 Å². The summed E-state index contributed by atoms with van der Waals surface area (Å²) in [6.07, 6.45) is 0. The number of hydrogen-bond donors (Lipinski definition) is 1. The molecule has 0 spiro atoms. The predicted octanol–water partition coefficient (Wildman–Crippen LogP) is 3.68. The van der Waals surface area contributed by atoms with Gasteiger partial charge in [-0.3, -0.25) is 0 Å². The van der Waals surface area contributed by atoms with Crippen LogP contribution in [-0.4, -0.2) is 12.6 Å². The summed E-state index contributed by atoms with van der Waals surface area (Å²) in [7, 11) is 0. The van der Waals surface area contributed by atoms with Gasteiger partial charge in [-0.25, -0.2) is 13.6 Å². The second kappa shape index (κ2) is 6.83. The number of carbonyl (C=O) groups excluding carboxylic acids is 1. The third-order valence-corrected chi connectivity index (χ3v) is 2.88. The second-order valence-electron chi connectivity index (χ2n) is 4.37. The van der Waals surface area contributed by atoms with Crippen LogP contribution in [0.15, 0.2) is 48.5 Å². The molecule has 1 atom stereocenters. The number of rotatable bonds is 5. The molecule has 2 aromatic carbocycles. The van der Waals surface area contributed by atoms with Gasteiger partial charge in [0.05, 0.1) is 6.61 Å². The average Bonchev–Trinajstić information content (AvgIpc) is 2.49. The van der Waals surface area contributed by atoms with Crippen LogP contribution in [0, 0.1) is 11.6 Å². The van der Waals surface area contributed by atoms with Crippen molar-refractivity contribution in [1.82, 2.24) is 0 Å². The van der Waals surface area contributed by atoms with Gasteiger partial charge in [-0.05, 0) is 36.8 Å². The Labute approximate surface area is 121 Å². The average molecular weight is 291 g/mol. The summed E-state index contributed by atoms with van der Waals surface area (Å²) in [6, 6.07) is 11.4. The molecule has 110 valence electrons. The number of esters is 1. The minimum absolute atomic E-state index is 0.204. The maximum Gasteiger partial charge on any atom is 0.333 e. The van der Waals surface area contributed by atoms with Crippen molar-refractivity contribution in [3.05, 3.63) is 65.7 Å². The lowest BCUT2D eigenvalue weighted by atomic mass is 10.1. The maximum atomic E-state index is 13.4. The predicted molar refractivity (Wildman–Crippen MR) is 75.8 cm³/mol. The van der Waals surface area contributed by atoms with Gasteiger partial charge >= 0.3 is 5.97 Å². The molecular formula is C16H15F2NO2. The normalized spacial score (nSPS) is 11.8. The van der Waals surface area contributed by atoms with Gasteiger partial charge < -0.3 is 10.1 Å². The van der Waals surface area contributed by atoms with Gasteiger partial charge in [0.1, 0.15) is 0 Å². The molecule has 0 aromatic heterocycles. The highest BCUT2D eigenvalue weighted by atomic mass is 19.2. The molecule has 2 rings (SSSR count). The van der Waals surface area contributed by atoms with Crippen molar-refractivity contribution in [1.29, 1.82) is 0 Å². The molecule has 0 aliphatic carbocycles. The van der Waals surface area contributed by atoms with Gasteiger partial charge in [0, 0.05) is 5.69 Å². The molecule has 0 amide bonds. The Morgan fingerprint density at radius 1 is 1.14 bits per heavy atom. The van der Waals surface area contributed by atoms with Gasteiger partial charge in [0.15, 0.2) is 17.7 Å². The van der Waals surface area contributed by atoms with Gasteiger partial charge in [-0.15, -0.1) is 0 Å². The summed E-state index contributed by atoms with van der Waals surface area (Å²) in [4.78, 5) is 12.0. The van der Waals surface area contributed by atoms with Crippen molar-refractivity contribution < 1.29 is 18.3 Å². The van der Waals surface area contributed by atoms with Crippen LogP contribution < -0.4 is 5.32 Å². The summed E-state index contributed by atoms with van der Waals surface area (Å²) in [6.45, 7) is 1.89. The molecular weight excluding hydrogens is 276 g/mol. The lowest BCUT2D eigenvalue weighted by molar-refractivity contribution is -0.144. The first-order chi connectivity index (χ1) is 10.1. The van der Waals surface area contributed by atoms with E-state index in [1.54, 1.807) is 31.2 Å². The summed E-state index contributed by atoms with van der Waals surface area (Å²) in [5.41, 5.74) is 0.983. The quantitative estimate of drug-likeness (QED) is 0.854. The number of anilines is 1. The van der Waals surface area contributed by atoms with Gasteiger partial charge in [-0.2, -0.15) is 0 Å². The molecule has 0 saturated carbocycles. The monoisotopic (exact) mass is 291 g/mol. The summed E-state index contributed by atoms with van der Waals surface area (Å²) >= 11 is 0.